The summed E-state index contributed by atoms with van der Waals surface area (Å²) in [6, 6.07) is 4.50. The van der Waals surface area contributed by atoms with Crippen LogP contribution in [0.3, 0.4) is 0 Å². The quantitative estimate of drug-likeness (QED) is 0.217. The standard InChI is InChI=1S/C46H66N2O10S2/c1-10-26-13-11-14-34(58-37-17-16-33(48(5)6)24(3)54-37)23(2)40(50)32-21-29-28-19-27(57-46-43(53-9)42(52-8)41(51-7)25(4)55-46)20-31(28)39-44(38(29)30(32)22-36(49)56-26)60-45(47-39)35-15-12-18-59-35/h12,15,18,21,23-31,33-34,37-38,41-43,46H,10-11,13-14,16-17,19-20,22H2,1-9H3/t23-,24?,25?,26+,27+,28+,29+,30-,31-,33+,34+,37+,38-,41+,42?,43?,46+/m1/s1. The minimum atomic E-state index is -0.652. The molecule has 2 aromatic heterocycles. The fraction of sp³-hybridized carbons (Fsp3) is 0.761. The predicted octanol–water partition coefficient (Wildman–Crippen LogP) is 7.75. The molecule has 3 aliphatic heterocycles. The number of fused-ring (bicyclic) bond motifs is 8. The SMILES string of the molecule is CC[C@H]1CCC[C@H](O[C@H]2CC[C@H](N(C)C)C(C)O2)[C@@H](C)C(=O)C2=C[C@H]3[C@@H]4C[C@H](O[C@@H]5OC(C)[C@H](OC)C(OC)C5OC)C[C@H]4c4nc(-c5cccs5)sc4[C@H]3[C@@H]2CC(=O)O1. The van der Waals surface area contributed by atoms with Gasteiger partial charge in [-0.25, -0.2) is 4.98 Å². The second-order valence-electron chi connectivity index (χ2n) is 18.2. The summed E-state index contributed by atoms with van der Waals surface area (Å²) < 4.78 is 50.5. The zero-order chi connectivity index (χ0) is 42.4. The lowest BCUT2D eigenvalue weighted by atomic mass is 9.67. The maximum Gasteiger partial charge on any atom is 0.306 e. The Hall–Kier alpha value is -2.11. The molecule has 0 radical (unpaired) electrons. The molecule has 3 saturated heterocycles. The van der Waals surface area contributed by atoms with Gasteiger partial charge < -0.3 is 42.8 Å². The number of methoxy groups -OCH3 is 3. The number of likely N-dealkylation sites (N-methyl/N-ethyl adjacent to an activating group) is 1. The average Bonchev–Trinajstić information content (AvgIpc) is 4.05. The summed E-state index contributed by atoms with van der Waals surface area (Å²) in [6.07, 6.45) is 5.48. The molecule has 0 spiro atoms. The summed E-state index contributed by atoms with van der Waals surface area (Å²) in [4.78, 5) is 39.1. The molecule has 5 heterocycles. The number of carbonyl (C=O) groups excluding carboxylic acids is 2. The molecule has 0 amide bonds. The monoisotopic (exact) mass is 870 g/mol. The van der Waals surface area contributed by atoms with Gasteiger partial charge in [-0.15, -0.1) is 22.7 Å². The lowest BCUT2D eigenvalue weighted by Gasteiger charge is -2.44. The van der Waals surface area contributed by atoms with Crippen molar-refractivity contribution in [2.75, 3.05) is 35.4 Å². The first-order valence-electron chi connectivity index (χ1n) is 22.3. The first-order valence-corrected chi connectivity index (χ1v) is 24.0. The second kappa shape index (κ2) is 18.9. The van der Waals surface area contributed by atoms with Crippen molar-refractivity contribution in [3.8, 4) is 9.88 Å². The molecule has 17 atom stereocenters. The van der Waals surface area contributed by atoms with Crippen molar-refractivity contribution < 1.29 is 47.5 Å². The summed E-state index contributed by atoms with van der Waals surface area (Å²) >= 11 is 3.41. The van der Waals surface area contributed by atoms with Crippen molar-refractivity contribution in [1.29, 1.82) is 0 Å². The lowest BCUT2D eigenvalue weighted by molar-refractivity contribution is -0.314. The molecule has 2 aromatic rings. The van der Waals surface area contributed by atoms with E-state index in [0.29, 0.717) is 12.5 Å². The van der Waals surface area contributed by atoms with Crippen LogP contribution < -0.4 is 0 Å². The van der Waals surface area contributed by atoms with Crippen LogP contribution in [0.1, 0.15) is 108 Å². The first kappa shape index (κ1) is 44.5. The van der Waals surface area contributed by atoms with Crippen molar-refractivity contribution >= 4 is 34.4 Å². The Kier molecular flexibility index (Phi) is 14.0. The summed E-state index contributed by atoms with van der Waals surface area (Å²) in [6.45, 7) is 8.19. The zero-order valence-electron chi connectivity index (χ0n) is 36.8. The topological polar surface area (TPSA) is 124 Å². The van der Waals surface area contributed by atoms with Crippen LogP contribution in [0.5, 0.6) is 0 Å². The van der Waals surface area contributed by atoms with Gasteiger partial charge in [-0.05, 0) is 108 Å². The normalized spacial score (nSPS) is 41.1. The second-order valence-corrected chi connectivity index (χ2v) is 20.2. The highest BCUT2D eigenvalue weighted by atomic mass is 32.1. The van der Waals surface area contributed by atoms with Crippen molar-refractivity contribution in [3.05, 3.63) is 39.7 Å². The molecular formula is C46H66N2O10S2. The highest BCUT2D eigenvalue weighted by Crippen LogP contribution is 2.63. The van der Waals surface area contributed by atoms with E-state index in [-0.39, 0.29) is 96.8 Å². The Morgan fingerprint density at radius 1 is 0.900 bits per heavy atom. The molecule has 6 aliphatic rings. The van der Waals surface area contributed by atoms with E-state index in [1.165, 1.54) is 4.88 Å². The third-order valence-electron chi connectivity index (χ3n) is 14.6. The van der Waals surface area contributed by atoms with Crippen LogP contribution in [0.15, 0.2) is 29.2 Å². The van der Waals surface area contributed by atoms with Crippen LogP contribution in [0.25, 0.3) is 9.88 Å². The van der Waals surface area contributed by atoms with E-state index in [1.807, 2.05) is 13.8 Å². The summed E-state index contributed by atoms with van der Waals surface area (Å²) in [5.74, 6) is -0.748. The Balaban J connectivity index is 1.12. The number of carbonyl (C=O) groups is 2. The zero-order valence-corrected chi connectivity index (χ0v) is 38.4. The van der Waals surface area contributed by atoms with E-state index in [2.05, 4.69) is 56.4 Å². The van der Waals surface area contributed by atoms with Gasteiger partial charge in [0.2, 0.25) is 0 Å². The number of hydrogen-bond acceptors (Lipinski definition) is 14. The Morgan fingerprint density at radius 3 is 2.37 bits per heavy atom. The number of cyclic esters (lactones) is 1. The molecule has 0 bridgehead atoms. The number of esters is 1. The highest BCUT2D eigenvalue weighted by Gasteiger charge is 2.57. The van der Waals surface area contributed by atoms with Crippen molar-refractivity contribution in [2.24, 2.45) is 23.7 Å². The largest absolute Gasteiger partial charge is 0.462 e. The third-order valence-corrected chi connectivity index (χ3v) is 16.8. The first-order chi connectivity index (χ1) is 28.9. The molecule has 4 unspecified atom stereocenters. The molecule has 1 saturated carbocycles. The molecule has 14 heteroatoms. The smallest absolute Gasteiger partial charge is 0.306 e. The number of thiophene rings is 1. The average molecular weight is 871 g/mol. The summed E-state index contributed by atoms with van der Waals surface area (Å²) in [5.41, 5.74) is 1.82. The minimum absolute atomic E-state index is 0.0157. The number of rotatable bonds is 10. The number of ether oxygens (including phenoxy) is 8. The van der Waals surface area contributed by atoms with Crippen LogP contribution in [0.4, 0.5) is 0 Å². The lowest BCUT2D eigenvalue weighted by Crippen LogP contribution is -2.59. The molecule has 0 N–H and O–H groups in total. The number of allylic oxidation sites excluding steroid dienone is 2. The number of Topliss-reactive ketones (excluding diaryl/α,β-unsaturated/α-hetero) is 1. The van der Waals surface area contributed by atoms with Gasteiger partial charge in [-0.1, -0.05) is 26.0 Å². The number of hydrogen-bond donors (Lipinski definition) is 0. The molecule has 332 valence electrons. The molecular weight excluding hydrogens is 805 g/mol. The summed E-state index contributed by atoms with van der Waals surface area (Å²) in [7, 11) is 9.17. The van der Waals surface area contributed by atoms with Crippen LogP contribution in [-0.4, -0.2) is 125 Å². The van der Waals surface area contributed by atoms with E-state index < -0.39 is 18.3 Å². The van der Waals surface area contributed by atoms with Gasteiger partial charge in [0.1, 0.15) is 29.4 Å². The van der Waals surface area contributed by atoms with E-state index >= 15 is 4.79 Å². The third kappa shape index (κ3) is 8.60. The Morgan fingerprint density at radius 2 is 1.68 bits per heavy atom. The number of thiazole rings is 1. The van der Waals surface area contributed by atoms with Gasteiger partial charge in [0, 0.05) is 55.9 Å². The van der Waals surface area contributed by atoms with Crippen LogP contribution in [0, 0.1) is 23.7 Å². The molecule has 3 aliphatic carbocycles. The van der Waals surface area contributed by atoms with Gasteiger partial charge in [-0.2, -0.15) is 0 Å². The fourth-order valence-corrected chi connectivity index (χ4v) is 13.7. The Bertz CT molecular complexity index is 1820. The van der Waals surface area contributed by atoms with Gasteiger partial charge in [0.25, 0.3) is 0 Å². The van der Waals surface area contributed by atoms with Gasteiger partial charge in [0.15, 0.2) is 18.4 Å². The van der Waals surface area contributed by atoms with Crippen LogP contribution in [-0.2, 0) is 47.5 Å². The maximum absolute atomic E-state index is 15.2. The Labute approximate surface area is 363 Å². The van der Waals surface area contributed by atoms with E-state index in [1.54, 1.807) is 44.0 Å². The van der Waals surface area contributed by atoms with Crippen molar-refractivity contribution in [1.82, 2.24) is 9.88 Å². The molecule has 60 heavy (non-hydrogen) atoms. The van der Waals surface area contributed by atoms with Gasteiger partial charge in [-0.3, -0.25) is 9.59 Å². The van der Waals surface area contributed by atoms with Crippen LogP contribution in [0.2, 0.25) is 0 Å². The summed E-state index contributed by atoms with van der Waals surface area (Å²) in [5, 5.41) is 3.07. The number of aromatic nitrogens is 1. The van der Waals surface area contributed by atoms with Gasteiger partial charge >= 0.3 is 5.97 Å². The predicted molar refractivity (Wildman–Crippen MR) is 229 cm³/mol. The number of nitrogens with zero attached hydrogens (tertiary/aromatic N) is 2. The number of ketones is 1. The van der Waals surface area contributed by atoms with Crippen molar-refractivity contribution in [3.63, 3.8) is 0 Å². The molecule has 4 fully saturated rings. The van der Waals surface area contributed by atoms with Crippen LogP contribution >= 0.6 is 22.7 Å². The minimum Gasteiger partial charge on any atom is -0.462 e. The van der Waals surface area contributed by atoms with Crippen molar-refractivity contribution in [2.45, 2.75) is 165 Å². The van der Waals surface area contributed by atoms with E-state index in [4.69, 9.17) is 42.9 Å². The maximum atomic E-state index is 15.2. The highest BCUT2D eigenvalue weighted by molar-refractivity contribution is 7.21. The molecule has 12 nitrogen and oxygen atoms in total. The van der Waals surface area contributed by atoms with E-state index in [0.717, 1.165) is 66.1 Å². The fourth-order valence-electron chi connectivity index (χ4n) is 11.6. The van der Waals surface area contributed by atoms with E-state index in [9.17, 15) is 4.79 Å². The molecule has 0 aromatic carbocycles. The molecule has 8 rings (SSSR count). The van der Waals surface area contributed by atoms with Gasteiger partial charge in [0.05, 0.1) is 41.4 Å².